The Balaban J connectivity index is 1.81. The topological polar surface area (TPSA) is 125 Å². The van der Waals surface area contributed by atoms with Crippen molar-refractivity contribution in [1.82, 2.24) is 4.90 Å². The van der Waals surface area contributed by atoms with E-state index in [0.717, 1.165) is 11.3 Å². The monoisotopic (exact) mass is 507 g/mol. The van der Waals surface area contributed by atoms with Crippen LogP contribution >= 0.6 is 0 Å². The van der Waals surface area contributed by atoms with E-state index in [0.29, 0.717) is 0 Å². The van der Waals surface area contributed by atoms with Crippen molar-refractivity contribution in [2.75, 3.05) is 31.8 Å². The second-order valence-electron chi connectivity index (χ2n) is 9.65. The van der Waals surface area contributed by atoms with Crippen LogP contribution in [-0.4, -0.2) is 48.9 Å². The Morgan fingerprint density at radius 1 is 0.973 bits per heavy atom. The number of carbonyl (C=O) groups excluding carboxylic acids is 2. The Labute approximate surface area is 215 Å². The molecule has 9 heteroatoms. The number of benzene rings is 2. The molecule has 0 saturated heterocycles. The number of anilines is 3. The zero-order chi connectivity index (χ0) is 27.4. The number of amides is 1. The molecule has 37 heavy (non-hydrogen) atoms. The van der Waals surface area contributed by atoms with Crippen LogP contribution in [0.4, 0.5) is 17.1 Å². The number of rotatable bonds is 11. The average Bonchev–Trinajstić information content (AvgIpc) is 2.87. The summed E-state index contributed by atoms with van der Waals surface area (Å²) in [7, 11) is 4.70. The normalized spacial score (nSPS) is 12.7. The fourth-order valence-corrected chi connectivity index (χ4v) is 4.09. The van der Waals surface area contributed by atoms with E-state index < -0.39 is 22.8 Å². The third-order valence-corrected chi connectivity index (χ3v) is 6.35. The van der Waals surface area contributed by atoms with Gasteiger partial charge in [0, 0.05) is 20.5 Å². The predicted molar refractivity (Wildman–Crippen MR) is 144 cm³/mol. The first kappa shape index (κ1) is 27.4. The van der Waals surface area contributed by atoms with Crippen molar-refractivity contribution in [2.45, 2.75) is 39.2 Å². The number of ketones is 1. The standard InChI is InChI=1S/C28H33N3O6/c1-15(2)22(21(32)14-16(3)17-10-12-18(37-6)13-11-17)30-24-23(26(34)27(24)35)29-20-9-7-8-19(25(20)33)28(36)31(4)5/h7-13,15-16,22,29-30,33H,14H2,1-6H3/t16-,22+/m0/s1. The number of phenols is 1. The molecule has 0 fully saturated rings. The van der Waals surface area contributed by atoms with E-state index in [4.69, 9.17) is 4.74 Å². The van der Waals surface area contributed by atoms with Crippen LogP contribution in [0.25, 0.3) is 0 Å². The van der Waals surface area contributed by atoms with Gasteiger partial charge in [-0.05, 0) is 41.7 Å². The van der Waals surface area contributed by atoms with Gasteiger partial charge in [0.25, 0.3) is 16.8 Å². The molecule has 9 nitrogen and oxygen atoms in total. The molecular weight excluding hydrogens is 474 g/mol. The molecule has 196 valence electrons. The Bertz CT molecular complexity index is 1350. The molecule has 0 unspecified atom stereocenters. The van der Waals surface area contributed by atoms with Gasteiger partial charge in [-0.1, -0.05) is 39.0 Å². The largest absolute Gasteiger partial charge is 0.505 e. The minimum Gasteiger partial charge on any atom is -0.505 e. The number of nitrogens with zero attached hydrogens (tertiary/aromatic N) is 1. The molecule has 3 rings (SSSR count). The fraction of sp³-hybridized carbons (Fsp3) is 0.357. The third-order valence-electron chi connectivity index (χ3n) is 6.35. The van der Waals surface area contributed by atoms with Gasteiger partial charge in [-0.25, -0.2) is 0 Å². The van der Waals surface area contributed by atoms with E-state index in [-0.39, 0.29) is 52.4 Å². The highest BCUT2D eigenvalue weighted by Crippen LogP contribution is 2.32. The minimum atomic E-state index is -0.771. The van der Waals surface area contributed by atoms with Gasteiger partial charge in [-0.2, -0.15) is 0 Å². The molecule has 3 aromatic rings. The van der Waals surface area contributed by atoms with Crippen LogP contribution in [0, 0.1) is 5.92 Å². The Morgan fingerprint density at radius 2 is 1.59 bits per heavy atom. The summed E-state index contributed by atoms with van der Waals surface area (Å²) in [6, 6.07) is 11.3. The molecule has 1 amide bonds. The number of ether oxygens (including phenoxy) is 1. The Hall–Kier alpha value is -4.14. The van der Waals surface area contributed by atoms with E-state index in [1.54, 1.807) is 27.3 Å². The molecule has 0 aliphatic rings. The maximum atomic E-state index is 13.2. The van der Waals surface area contributed by atoms with Crippen LogP contribution in [-0.2, 0) is 4.79 Å². The lowest BCUT2D eigenvalue weighted by molar-refractivity contribution is -0.120. The van der Waals surface area contributed by atoms with E-state index >= 15 is 0 Å². The minimum absolute atomic E-state index is 0.0158. The van der Waals surface area contributed by atoms with E-state index in [9.17, 15) is 24.3 Å². The Kier molecular flexibility index (Phi) is 8.37. The summed E-state index contributed by atoms with van der Waals surface area (Å²) in [5.74, 6) is -0.362. The lowest BCUT2D eigenvalue weighted by atomic mass is 9.89. The number of carbonyl (C=O) groups is 2. The zero-order valence-corrected chi connectivity index (χ0v) is 21.9. The number of methoxy groups -OCH3 is 1. The first-order valence-electron chi connectivity index (χ1n) is 12.0. The number of Topliss-reactive ketones (excluding diaryl/α,β-unsaturated/α-hetero) is 1. The summed E-state index contributed by atoms with van der Waals surface area (Å²) in [5, 5.41) is 16.4. The lowest BCUT2D eigenvalue weighted by Crippen LogP contribution is -2.43. The summed E-state index contributed by atoms with van der Waals surface area (Å²) < 4.78 is 5.19. The first-order chi connectivity index (χ1) is 17.5. The maximum absolute atomic E-state index is 13.2. The number of hydrogen-bond donors (Lipinski definition) is 3. The SMILES string of the molecule is COc1ccc([C@@H](C)CC(=O)[C@H](Nc2c(Nc3cccc(C(=O)N(C)C)c3O)c(=O)c2=O)C(C)C)cc1. The molecule has 0 aliphatic heterocycles. The number of para-hydroxylation sites is 1. The molecule has 0 radical (unpaired) electrons. The fourth-order valence-electron chi connectivity index (χ4n) is 4.09. The highest BCUT2D eigenvalue weighted by Gasteiger charge is 2.30. The third kappa shape index (κ3) is 5.82. The zero-order valence-electron chi connectivity index (χ0n) is 21.9. The second kappa shape index (κ2) is 11.3. The van der Waals surface area contributed by atoms with Gasteiger partial charge < -0.3 is 25.4 Å². The van der Waals surface area contributed by atoms with Crippen molar-refractivity contribution in [2.24, 2.45) is 5.92 Å². The van der Waals surface area contributed by atoms with Crippen molar-refractivity contribution in [3.63, 3.8) is 0 Å². The summed E-state index contributed by atoms with van der Waals surface area (Å²) in [4.78, 5) is 51.7. The van der Waals surface area contributed by atoms with Gasteiger partial charge in [-0.15, -0.1) is 0 Å². The molecule has 0 spiro atoms. The summed E-state index contributed by atoms with van der Waals surface area (Å²) >= 11 is 0. The van der Waals surface area contributed by atoms with Gasteiger partial charge in [-0.3, -0.25) is 19.2 Å². The van der Waals surface area contributed by atoms with Crippen molar-refractivity contribution < 1.29 is 19.4 Å². The van der Waals surface area contributed by atoms with Crippen molar-refractivity contribution >= 4 is 28.8 Å². The quantitative estimate of drug-likeness (QED) is 0.265. The smallest absolute Gasteiger partial charge is 0.257 e. The molecular formula is C28H33N3O6. The molecule has 0 aromatic heterocycles. The van der Waals surface area contributed by atoms with Crippen molar-refractivity contribution in [1.29, 1.82) is 0 Å². The molecule has 0 saturated carbocycles. The van der Waals surface area contributed by atoms with Crippen LogP contribution in [0.2, 0.25) is 0 Å². The number of phenolic OH excluding ortho intramolecular Hbond substituents is 1. The number of aromatic hydroxyl groups is 1. The van der Waals surface area contributed by atoms with E-state index in [1.165, 1.54) is 17.0 Å². The van der Waals surface area contributed by atoms with Crippen molar-refractivity contribution in [3.05, 3.63) is 74.0 Å². The predicted octanol–water partition coefficient (Wildman–Crippen LogP) is 3.64. The highest BCUT2D eigenvalue weighted by atomic mass is 16.5. The molecule has 3 N–H and O–H groups in total. The molecule has 2 atom stereocenters. The summed E-state index contributed by atoms with van der Waals surface area (Å²) in [5.41, 5.74) is -0.462. The van der Waals surface area contributed by atoms with Crippen LogP contribution in [0.1, 0.15) is 49.0 Å². The molecule has 0 bridgehead atoms. The van der Waals surface area contributed by atoms with Gasteiger partial charge in [0.1, 0.15) is 17.1 Å². The Morgan fingerprint density at radius 3 is 2.16 bits per heavy atom. The van der Waals surface area contributed by atoms with Crippen molar-refractivity contribution in [3.8, 4) is 11.5 Å². The second-order valence-corrected chi connectivity index (χ2v) is 9.65. The van der Waals surface area contributed by atoms with E-state index in [1.807, 2.05) is 45.0 Å². The van der Waals surface area contributed by atoms with Crippen LogP contribution < -0.4 is 26.2 Å². The maximum Gasteiger partial charge on any atom is 0.257 e. The highest BCUT2D eigenvalue weighted by molar-refractivity contribution is 5.99. The molecule has 0 heterocycles. The van der Waals surface area contributed by atoms with Gasteiger partial charge in [0.2, 0.25) is 0 Å². The van der Waals surface area contributed by atoms with Gasteiger partial charge >= 0.3 is 0 Å². The number of hydrogen-bond acceptors (Lipinski definition) is 8. The summed E-state index contributed by atoms with van der Waals surface area (Å²) in [6.07, 6.45) is 0.232. The van der Waals surface area contributed by atoms with Gasteiger partial charge in [0.05, 0.1) is 24.4 Å². The van der Waals surface area contributed by atoms with E-state index in [2.05, 4.69) is 10.6 Å². The van der Waals surface area contributed by atoms with Crippen LogP contribution in [0.15, 0.2) is 52.1 Å². The summed E-state index contributed by atoms with van der Waals surface area (Å²) in [6.45, 7) is 5.66. The number of nitrogens with one attached hydrogen (secondary N) is 2. The van der Waals surface area contributed by atoms with Crippen LogP contribution in [0.5, 0.6) is 11.5 Å². The first-order valence-corrected chi connectivity index (χ1v) is 12.0. The average molecular weight is 508 g/mol. The molecule has 0 aliphatic carbocycles. The van der Waals surface area contributed by atoms with Crippen LogP contribution in [0.3, 0.4) is 0 Å². The molecule has 3 aromatic carbocycles. The van der Waals surface area contributed by atoms with Gasteiger partial charge in [0.15, 0.2) is 11.5 Å². The lowest BCUT2D eigenvalue weighted by Gasteiger charge is -2.26.